The summed E-state index contributed by atoms with van der Waals surface area (Å²) in [5, 5.41) is 3.03. The van der Waals surface area contributed by atoms with Gasteiger partial charge >= 0.3 is 0 Å². The van der Waals surface area contributed by atoms with E-state index in [1.165, 1.54) is 13.8 Å². The number of halogens is 1. The van der Waals surface area contributed by atoms with Crippen molar-refractivity contribution in [3.8, 4) is 0 Å². The highest BCUT2D eigenvalue weighted by molar-refractivity contribution is 5.45. The summed E-state index contributed by atoms with van der Waals surface area (Å²) in [7, 11) is 0. The fraction of sp³-hybridized carbons (Fsp3) is 0.600. The predicted octanol–water partition coefficient (Wildman–Crippen LogP) is 2.42. The van der Waals surface area contributed by atoms with Crippen LogP contribution in [0, 0.1) is 6.92 Å². The van der Waals surface area contributed by atoms with Crippen molar-refractivity contribution in [2.75, 3.05) is 11.9 Å². The van der Waals surface area contributed by atoms with Crippen molar-refractivity contribution in [3.63, 3.8) is 0 Å². The van der Waals surface area contributed by atoms with Crippen molar-refractivity contribution < 1.29 is 4.39 Å². The van der Waals surface area contributed by atoms with Crippen molar-refractivity contribution in [1.29, 1.82) is 0 Å². The molecule has 0 aromatic carbocycles. The molecule has 1 aromatic rings. The van der Waals surface area contributed by atoms with E-state index in [2.05, 4.69) is 15.3 Å². The molecule has 0 atom stereocenters. The number of alkyl halides is 1. The maximum Gasteiger partial charge on any atom is 0.136 e. The van der Waals surface area contributed by atoms with Gasteiger partial charge in [0.1, 0.15) is 17.3 Å². The minimum atomic E-state index is -1.41. The van der Waals surface area contributed by atoms with Crippen LogP contribution in [-0.4, -0.2) is 16.5 Å². The number of nitrogens with one attached hydrogen (secondary N) is 1. The number of nitrogens with zero attached hydrogens (tertiary/aromatic N) is 2. The fourth-order valence-electron chi connectivity index (χ4n) is 1.21. The highest BCUT2D eigenvalue weighted by Gasteiger charge is 2.23. The number of hydrogen-bond donors (Lipinski definition) is 1. The normalized spacial score (nSPS) is 11.5. The second-order valence-corrected chi connectivity index (χ2v) is 3.68. The maximum atomic E-state index is 13.7. The van der Waals surface area contributed by atoms with Crippen LogP contribution in [-0.2, 0) is 5.67 Å². The molecule has 3 nitrogen and oxygen atoms in total. The molecule has 0 bridgehead atoms. The van der Waals surface area contributed by atoms with E-state index in [0.29, 0.717) is 17.2 Å². The average molecular weight is 197 g/mol. The number of hydrogen-bond acceptors (Lipinski definition) is 3. The molecule has 0 saturated carbocycles. The number of aryl methyl sites for hydroxylation is 1. The zero-order valence-electron chi connectivity index (χ0n) is 9.06. The molecule has 0 unspecified atom stereocenters. The van der Waals surface area contributed by atoms with E-state index in [0.717, 1.165) is 6.54 Å². The van der Waals surface area contributed by atoms with E-state index in [1.54, 1.807) is 13.1 Å². The quantitative estimate of drug-likeness (QED) is 0.808. The maximum absolute atomic E-state index is 13.7. The Kier molecular flexibility index (Phi) is 3.03. The zero-order valence-corrected chi connectivity index (χ0v) is 9.06. The molecule has 0 radical (unpaired) electrons. The van der Waals surface area contributed by atoms with Crippen molar-refractivity contribution >= 4 is 5.82 Å². The molecule has 0 aliphatic carbocycles. The molecule has 1 aromatic heterocycles. The van der Waals surface area contributed by atoms with Crippen molar-refractivity contribution in [2.45, 2.75) is 33.4 Å². The third-order valence-corrected chi connectivity index (χ3v) is 1.89. The van der Waals surface area contributed by atoms with Crippen LogP contribution in [0.4, 0.5) is 10.2 Å². The van der Waals surface area contributed by atoms with Gasteiger partial charge in [-0.3, -0.25) is 0 Å². The molecule has 0 aliphatic rings. The molecular weight excluding hydrogens is 181 g/mol. The van der Waals surface area contributed by atoms with E-state index in [1.807, 2.05) is 6.92 Å². The Morgan fingerprint density at radius 1 is 1.50 bits per heavy atom. The number of rotatable bonds is 3. The van der Waals surface area contributed by atoms with Gasteiger partial charge in [-0.15, -0.1) is 0 Å². The van der Waals surface area contributed by atoms with Gasteiger partial charge in [-0.2, -0.15) is 0 Å². The number of aromatic nitrogens is 2. The summed E-state index contributed by atoms with van der Waals surface area (Å²) >= 11 is 0. The molecule has 14 heavy (non-hydrogen) atoms. The largest absolute Gasteiger partial charge is 0.370 e. The zero-order chi connectivity index (χ0) is 10.8. The summed E-state index contributed by atoms with van der Waals surface area (Å²) in [6, 6.07) is 0. The summed E-state index contributed by atoms with van der Waals surface area (Å²) < 4.78 is 13.7. The standard InChI is InChI=1S/C10H16FN3/c1-5-12-9-8(10(3,4)11)6-13-7(2)14-9/h6H,5H2,1-4H3,(H,12,13,14). The van der Waals surface area contributed by atoms with Crippen LogP contribution in [0.3, 0.4) is 0 Å². The third kappa shape index (κ3) is 2.40. The molecule has 4 heteroatoms. The Morgan fingerprint density at radius 3 is 2.64 bits per heavy atom. The summed E-state index contributed by atoms with van der Waals surface area (Å²) in [6.45, 7) is 7.46. The minimum absolute atomic E-state index is 0.505. The molecule has 1 rings (SSSR count). The molecule has 1 N–H and O–H groups in total. The van der Waals surface area contributed by atoms with Crippen LogP contribution in [0.2, 0.25) is 0 Å². The van der Waals surface area contributed by atoms with Crippen molar-refractivity contribution in [1.82, 2.24) is 9.97 Å². The smallest absolute Gasteiger partial charge is 0.136 e. The van der Waals surface area contributed by atoms with Gasteiger partial charge in [0.2, 0.25) is 0 Å². The first-order valence-electron chi connectivity index (χ1n) is 4.72. The van der Waals surface area contributed by atoms with Gasteiger partial charge in [-0.25, -0.2) is 14.4 Å². The Morgan fingerprint density at radius 2 is 2.14 bits per heavy atom. The van der Waals surface area contributed by atoms with E-state index < -0.39 is 5.67 Å². The van der Waals surface area contributed by atoms with Crippen LogP contribution < -0.4 is 5.32 Å². The first-order valence-corrected chi connectivity index (χ1v) is 4.72. The second kappa shape index (κ2) is 3.90. The molecule has 78 valence electrons. The summed E-state index contributed by atoms with van der Waals surface area (Å²) in [5.74, 6) is 1.24. The first-order chi connectivity index (χ1) is 6.45. The van der Waals surface area contributed by atoms with Gasteiger partial charge in [-0.05, 0) is 27.7 Å². The van der Waals surface area contributed by atoms with Gasteiger partial charge in [0.15, 0.2) is 0 Å². The van der Waals surface area contributed by atoms with Gasteiger partial charge in [-0.1, -0.05) is 0 Å². The highest BCUT2D eigenvalue weighted by atomic mass is 19.1. The van der Waals surface area contributed by atoms with Crippen LogP contribution >= 0.6 is 0 Å². The van der Waals surface area contributed by atoms with E-state index in [-0.39, 0.29) is 0 Å². The second-order valence-electron chi connectivity index (χ2n) is 3.68. The molecule has 0 aliphatic heterocycles. The topological polar surface area (TPSA) is 37.8 Å². The van der Waals surface area contributed by atoms with E-state index in [4.69, 9.17) is 0 Å². The Hall–Kier alpha value is -1.19. The van der Waals surface area contributed by atoms with Crippen LogP contribution in [0.5, 0.6) is 0 Å². The summed E-state index contributed by atoms with van der Waals surface area (Å²) in [6.07, 6.45) is 1.54. The molecule has 0 spiro atoms. The van der Waals surface area contributed by atoms with Crippen LogP contribution in [0.1, 0.15) is 32.2 Å². The highest BCUT2D eigenvalue weighted by Crippen LogP contribution is 2.29. The Bertz CT molecular complexity index is 318. The third-order valence-electron chi connectivity index (χ3n) is 1.89. The van der Waals surface area contributed by atoms with E-state index >= 15 is 0 Å². The van der Waals surface area contributed by atoms with E-state index in [9.17, 15) is 4.39 Å². The van der Waals surface area contributed by atoms with Crippen molar-refractivity contribution in [2.24, 2.45) is 0 Å². The molecule has 0 saturated heterocycles. The lowest BCUT2D eigenvalue weighted by molar-refractivity contribution is 0.221. The number of anilines is 1. The minimum Gasteiger partial charge on any atom is -0.370 e. The van der Waals surface area contributed by atoms with Gasteiger partial charge in [0.05, 0.1) is 0 Å². The monoisotopic (exact) mass is 197 g/mol. The molecular formula is C10H16FN3. The molecule has 0 amide bonds. The lowest BCUT2D eigenvalue weighted by Gasteiger charge is -2.18. The van der Waals surface area contributed by atoms with Gasteiger partial charge in [0.25, 0.3) is 0 Å². The summed E-state index contributed by atoms with van der Waals surface area (Å²) in [5.41, 5.74) is -0.907. The Labute approximate surface area is 83.8 Å². The Balaban J connectivity index is 3.15. The summed E-state index contributed by atoms with van der Waals surface area (Å²) in [4.78, 5) is 8.16. The van der Waals surface area contributed by atoms with Crippen molar-refractivity contribution in [3.05, 3.63) is 17.6 Å². The first kappa shape index (κ1) is 10.9. The fourth-order valence-corrected chi connectivity index (χ4v) is 1.21. The van der Waals surface area contributed by atoms with Gasteiger partial charge < -0.3 is 5.32 Å². The lowest BCUT2D eigenvalue weighted by Crippen LogP contribution is -2.15. The van der Waals surface area contributed by atoms with Gasteiger partial charge in [0, 0.05) is 18.3 Å². The van der Waals surface area contributed by atoms with Crippen LogP contribution in [0.25, 0.3) is 0 Å². The lowest BCUT2D eigenvalue weighted by atomic mass is 10.0. The molecule has 0 fully saturated rings. The average Bonchev–Trinajstić information content (AvgIpc) is 2.02. The SMILES string of the molecule is CCNc1nc(C)ncc1C(C)(C)F. The predicted molar refractivity (Wildman–Crippen MR) is 55.1 cm³/mol. The molecule has 1 heterocycles. The van der Waals surface area contributed by atoms with Crippen LogP contribution in [0.15, 0.2) is 6.20 Å².